The summed E-state index contributed by atoms with van der Waals surface area (Å²) in [4.78, 5) is 5.00. The summed E-state index contributed by atoms with van der Waals surface area (Å²) in [7, 11) is 6.07. The molecule has 0 amide bonds. The van der Waals surface area contributed by atoms with Crippen LogP contribution in [0.25, 0.3) is 10.9 Å². The molecule has 0 saturated carbocycles. The van der Waals surface area contributed by atoms with Crippen LogP contribution in [0.5, 0.6) is 5.75 Å². The summed E-state index contributed by atoms with van der Waals surface area (Å²) >= 11 is 0. The number of aryl methyl sites for hydroxylation is 2. The summed E-state index contributed by atoms with van der Waals surface area (Å²) in [6.07, 6.45) is 4.63. The van der Waals surface area contributed by atoms with Crippen molar-refractivity contribution in [2.75, 3.05) is 46.9 Å². The first-order valence-electron chi connectivity index (χ1n) is 8.20. The standard InChI is InChI=1S/C18H27N3O/c1-19-9-11-21(12-10-19)8-4-5-15-14-20(2)18-7-6-16(22-3)13-17(15)18/h6-7,13-14H,4-5,8-12H2,1-3H3. The fourth-order valence-corrected chi connectivity index (χ4v) is 3.34. The second-order valence-electron chi connectivity index (χ2n) is 6.40. The molecule has 2 aromatic rings. The maximum Gasteiger partial charge on any atom is 0.119 e. The largest absolute Gasteiger partial charge is 0.497 e. The van der Waals surface area contributed by atoms with Crippen molar-refractivity contribution in [3.63, 3.8) is 0 Å². The van der Waals surface area contributed by atoms with Crippen molar-refractivity contribution >= 4 is 10.9 Å². The molecule has 0 unspecified atom stereocenters. The Morgan fingerprint density at radius 1 is 1.09 bits per heavy atom. The van der Waals surface area contributed by atoms with Gasteiger partial charge in [-0.05, 0) is 50.2 Å². The van der Waals surface area contributed by atoms with Crippen molar-refractivity contribution in [2.24, 2.45) is 7.05 Å². The number of likely N-dealkylation sites (N-methyl/N-ethyl adjacent to an activating group) is 1. The van der Waals surface area contributed by atoms with Gasteiger partial charge in [0.25, 0.3) is 0 Å². The third-order valence-electron chi connectivity index (χ3n) is 4.80. The van der Waals surface area contributed by atoms with E-state index in [1.807, 2.05) is 6.07 Å². The number of aromatic nitrogens is 1. The van der Waals surface area contributed by atoms with Crippen LogP contribution in [0.2, 0.25) is 0 Å². The van der Waals surface area contributed by atoms with E-state index in [9.17, 15) is 0 Å². The van der Waals surface area contributed by atoms with Crippen molar-refractivity contribution in [1.82, 2.24) is 14.4 Å². The maximum atomic E-state index is 5.37. The number of ether oxygens (including phenoxy) is 1. The molecule has 1 aliphatic heterocycles. The highest BCUT2D eigenvalue weighted by Gasteiger charge is 2.14. The minimum absolute atomic E-state index is 0.944. The van der Waals surface area contributed by atoms with Crippen LogP contribution >= 0.6 is 0 Å². The molecule has 0 aliphatic carbocycles. The number of nitrogens with zero attached hydrogens (tertiary/aromatic N) is 3. The van der Waals surface area contributed by atoms with Crippen molar-refractivity contribution in [2.45, 2.75) is 12.8 Å². The van der Waals surface area contributed by atoms with Crippen LogP contribution in [0.1, 0.15) is 12.0 Å². The number of fused-ring (bicyclic) bond motifs is 1. The lowest BCUT2D eigenvalue weighted by Crippen LogP contribution is -2.44. The predicted molar refractivity (Wildman–Crippen MR) is 91.7 cm³/mol. The third kappa shape index (κ3) is 3.28. The Labute approximate surface area is 133 Å². The van der Waals surface area contributed by atoms with Gasteiger partial charge in [0.05, 0.1) is 7.11 Å². The summed E-state index contributed by atoms with van der Waals surface area (Å²) in [5.41, 5.74) is 2.72. The van der Waals surface area contributed by atoms with Crippen LogP contribution < -0.4 is 4.74 Å². The molecular formula is C18H27N3O. The highest BCUT2D eigenvalue weighted by atomic mass is 16.5. The Morgan fingerprint density at radius 2 is 1.86 bits per heavy atom. The lowest BCUT2D eigenvalue weighted by atomic mass is 10.1. The molecule has 1 fully saturated rings. The molecule has 1 aliphatic rings. The van der Waals surface area contributed by atoms with Crippen LogP contribution in [0.15, 0.2) is 24.4 Å². The van der Waals surface area contributed by atoms with Crippen molar-refractivity contribution in [1.29, 1.82) is 0 Å². The van der Waals surface area contributed by atoms with Crippen LogP contribution in [0.4, 0.5) is 0 Å². The molecule has 0 radical (unpaired) electrons. The van der Waals surface area contributed by atoms with Gasteiger partial charge < -0.3 is 19.1 Å². The smallest absolute Gasteiger partial charge is 0.119 e. The molecular weight excluding hydrogens is 274 g/mol. The second-order valence-corrected chi connectivity index (χ2v) is 6.40. The van der Waals surface area contributed by atoms with E-state index in [0.717, 1.165) is 12.2 Å². The lowest BCUT2D eigenvalue weighted by Gasteiger charge is -2.32. The summed E-state index contributed by atoms with van der Waals surface area (Å²) in [5, 5.41) is 1.33. The molecule has 0 bridgehead atoms. The molecule has 1 aromatic heterocycles. The van der Waals surface area contributed by atoms with Crippen LogP contribution in [-0.4, -0.2) is 61.2 Å². The van der Waals surface area contributed by atoms with Crippen LogP contribution in [0.3, 0.4) is 0 Å². The SMILES string of the molecule is COc1ccc2c(c1)c(CCCN1CCN(C)CC1)cn2C. The molecule has 4 heteroatoms. The van der Waals surface area contributed by atoms with Crippen molar-refractivity contribution in [3.8, 4) is 5.75 Å². The summed E-state index contributed by atoms with van der Waals surface area (Å²) in [6, 6.07) is 6.36. The van der Waals surface area contributed by atoms with Gasteiger partial charge in [0.1, 0.15) is 5.75 Å². The number of piperazine rings is 1. The normalized spacial score (nSPS) is 17.2. The molecule has 1 aromatic carbocycles. The molecule has 1 saturated heterocycles. The van der Waals surface area contributed by atoms with Gasteiger partial charge in [-0.3, -0.25) is 0 Å². The van der Waals surface area contributed by atoms with E-state index in [1.165, 1.54) is 55.6 Å². The number of rotatable bonds is 5. The van der Waals surface area contributed by atoms with E-state index >= 15 is 0 Å². The Kier molecular flexibility index (Phi) is 4.69. The van der Waals surface area contributed by atoms with E-state index in [1.54, 1.807) is 7.11 Å². The highest BCUT2D eigenvalue weighted by Crippen LogP contribution is 2.26. The number of benzene rings is 1. The Balaban J connectivity index is 1.63. The zero-order valence-corrected chi connectivity index (χ0v) is 14.0. The van der Waals surface area contributed by atoms with E-state index in [2.05, 4.69) is 46.8 Å². The first kappa shape index (κ1) is 15.4. The zero-order chi connectivity index (χ0) is 15.5. The predicted octanol–water partition coefficient (Wildman–Crippen LogP) is 2.37. The molecule has 22 heavy (non-hydrogen) atoms. The van der Waals surface area contributed by atoms with Gasteiger partial charge in [-0.1, -0.05) is 0 Å². The minimum atomic E-state index is 0.944. The zero-order valence-electron chi connectivity index (χ0n) is 14.0. The van der Waals surface area contributed by atoms with Crippen molar-refractivity contribution in [3.05, 3.63) is 30.0 Å². The van der Waals surface area contributed by atoms with E-state index < -0.39 is 0 Å². The maximum absolute atomic E-state index is 5.37. The van der Waals surface area contributed by atoms with Gasteiger partial charge in [0.2, 0.25) is 0 Å². The Bertz CT molecular complexity index is 627. The summed E-state index contributed by atoms with van der Waals surface area (Å²) in [6.45, 7) is 6.02. The molecule has 2 heterocycles. The monoisotopic (exact) mass is 301 g/mol. The average molecular weight is 301 g/mol. The molecule has 0 spiro atoms. The molecule has 3 rings (SSSR count). The average Bonchev–Trinajstić information content (AvgIpc) is 2.85. The topological polar surface area (TPSA) is 20.6 Å². The van der Waals surface area contributed by atoms with Crippen LogP contribution in [-0.2, 0) is 13.5 Å². The van der Waals surface area contributed by atoms with Crippen molar-refractivity contribution < 1.29 is 4.74 Å². The molecule has 4 nitrogen and oxygen atoms in total. The lowest BCUT2D eigenvalue weighted by molar-refractivity contribution is 0.153. The molecule has 120 valence electrons. The quantitative estimate of drug-likeness (QED) is 0.846. The van der Waals surface area contributed by atoms with Crippen LogP contribution in [0, 0.1) is 0 Å². The van der Waals surface area contributed by atoms with E-state index in [4.69, 9.17) is 4.74 Å². The number of methoxy groups -OCH3 is 1. The molecule has 0 N–H and O–H groups in total. The van der Waals surface area contributed by atoms with Gasteiger partial charge in [-0.25, -0.2) is 0 Å². The summed E-state index contributed by atoms with van der Waals surface area (Å²) in [5.74, 6) is 0.944. The number of hydrogen-bond acceptors (Lipinski definition) is 3. The van der Waals surface area contributed by atoms with Gasteiger partial charge >= 0.3 is 0 Å². The van der Waals surface area contributed by atoms with Gasteiger partial charge in [-0.15, -0.1) is 0 Å². The fourth-order valence-electron chi connectivity index (χ4n) is 3.34. The van der Waals surface area contributed by atoms with Gasteiger partial charge in [0.15, 0.2) is 0 Å². The highest BCUT2D eigenvalue weighted by molar-refractivity contribution is 5.85. The minimum Gasteiger partial charge on any atom is -0.497 e. The van der Waals surface area contributed by atoms with E-state index in [0.29, 0.717) is 0 Å². The summed E-state index contributed by atoms with van der Waals surface area (Å²) < 4.78 is 7.60. The number of hydrogen-bond donors (Lipinski definition) is 0. The second kappa shape index (κ2) is 6.71. The van der Waals surface area contributed by atoms with Gasteiger partial charge in [0, 0.05) is 50.3 Å². The fraction of sp³-hybridized carbons (Fsp3) is 0.556. The Morgan fingerprint density at radius 3 is 2.59 bits per heavy atom. The van der Waals surface area contributed by atoms with E-state index in [-0.39, 0.29) is 0 Å². The molecule has 0 atom stereocenters. The van der Waals surface area contributed by atoms with Gasteiger partial charge in [-0.2, -0.15) is 0 Å². The third-order valence-corrected chi connectivity index (χ3v) is 4.80. The Hall–Kier alpha value is -1.52. The first-order valence-corrected chi connectivity index (χ1v) is 8.20. The first-order chi connectivity index (χ1) is 10.7.